The van der Waals surface area contributed by atoms with Crippen LogP contribution < -0.4 is 4.90 Å². The van der Waals surface area contributed by atoms with E-state index in [1.807, 2.05) is 18.2 Å². The average Bonchev–Trinajstić information content (AvgIpc) is 3.39. The predicted octanol–water partition coefficient (Wildman–Crippen LogP) is 7.40. The molecule has 3 heterocycles. The van der Waals surface area contributed by atoms with Crippen LogP contribution in [-0.2, 0) is 6.42 Å². The molecule has 6 rings (SSSR count). The molecule has 3 nitrogen and oxygen atoms in total. The van der Waals surface area contributed by atoms with Gasteiger partial charge in [-0.15, -0.1) is 0 Å². The quantitative estimate of drug-likeness (QED) is 0.297. The van der Waals surface area contributed by atoms with Crippen molar-refractivity contribution in [3.05, 3.63) is 115 Å². The average molecular weight is 423 g/mol. The summed E-state index contributed by atoms with van der Waals surface area (Å²) in [7, 11) is 0. The molecule has 1 aliphatic rings. The summed E-state index contributed by atoms with van der Waals surface area (Å²) in [6, 6.07) is 31.0. The zero-order chi connectivity index (χ0) is 21.8. The highest BCUT2D eigenvalue weighted by molar-refractivity contribution is 5.90. The van der Waals surface area contributed by atoms with E-state index in [2.05, 4.69) is 53.4 Å². The number of aromatic nitrogens is 1. The van der Waals surface area contributed by atoms with Crippen molar-refractivity contribution in [1.29, 1.82) is 0 Å². The van der Waals surface area contributed by atoms with Crippen LogP contribution in [0.2, 0.25) is 0 Å². The highest BCUT2D eigenvalue weighted by Crippen LogP contribution is 2.39. The van der Waals surface area contributed by atoms with Crippen LogP contribution >= 0.6 is 0 Å². The van der Waals surface area contributed by atoms with Gasteiger partial charge in [-0.3, -0.25) is 0 Å². The number of halogens is 1. The molecule has 2 aromatic heterocycles. The molecule has 4 heteroatoms. The van der Waals surface area contributed by atoms with Gasteiger partial charge in [0.1, 0.15) is 11.5 Å². The Morgan fingerprint density at radius 2 is 1.56 bits per heavy atom. The maximum Gasteiger partial charge on any atom is 0.154 e. The third-order valence-electron chi connectivity index (χ3n) is 5.59. The zero-order valence-electron chi connectivity index (χ0n) is 17.6. The molecule has 32 heavy (non-hydrogen) atoms. The predicted molar refractivity (Wildman–Crippen MR) is 128 cm³/mol. The summed E-state index contributed by atoms with van der Waals surface area (Å²) in [5.41, 5.74) is 5.68. The second kappa shape index (κ2) is 9.06. The Balaban J connectivity index is 0.000000265. The Hall–Kier alpha value is -3.92. The smallest absolute Gasteiger partial charge is 0.154 e. The third kappa shape index (κ3) is 4.12. The van der Waals surface area contributed by atoms with Gasteiger partial charge in [-0.05, 0) is 60.9 Å². The minimum absolute atomic E-state index is 0.178. The molecule has 0 fully saturated rings. The molecular weight excluding hydrogens is 399 g/mol. The molecule has 0 aliphatic carbocycles. The summed E-state index contributed by atoms with van der Waals surface area (Å²) in [5, 5.41) is 1.15. The van der Waals surface area contributed by atoms with Gasteiger partial charge >= 0.3 is 0 Å². The van der Waals surface area contributed by atoms with E-state index in [1.165, 1.54) is 23.4 Å². The molecule has 3 aromatic carbocycles. The summed E-state index contributed by atoms with van der Waals surface area (Å²) in [6.07, 6.45) is 3.98. The van der Waals surface area contributed by atoms with E-state index in [0.29, 0.717) is 0 Å². The highest BCUT2D eigenvalue weighted by Gasteiger charge is 2.23. The van der Waals surface area contributed by atoms with Gasteiger partial charge in [-0.1, -0.05) is 54.6 Å². The fraction of sp³-hybridized carbons (Fsp3) is 0.107. The lowest BCUT2D eigenvalue weighted by Gasteiger charge is -2.32. The lowest BCUT2D eigenvalue weighted by atomic mass is 10.00. The fourth-order valence-electron chi connectivity index (χ4n) is 4.10. The molecule has 5 aromatic rings. The van der Waals surface area contributed by atoms with Crippen LogP contribution in [0.1, 0.15) is 12.0 Å². The summed E-state index contributed by atoms with van der Waals surface area (Å²) in [4.78, 5) is 7.32. The Bertz CT molecular complexity index is 1320. The van der Waals surface area contributed by atoms with Crippen molar-refractivity contribution in [1.82, 2.24) is 4.98 Å². The molecule has 1 aliphatic heterocycles. The van der Waals surface area contributed by atoms with E-state index >= 15 is 0 Å². The van der Waals surface area contributed by atoms with E-state index in [-0.39, 0.29) is 5.82 Å². The van der Waals surface area contributed by atoms with Crippen LogP contribution in [0.3, 0.4) is 0 Å². The number of hydrogen-bond donors (Lipinski definition) is 0. The molecular formula is C28H23FN2O. The summed E-state index contributed by atoms with van der Waals surface area (Å²) < 4.78 is 17.6. The van der Waals surface area contributed by atoms with Crippen LogP contribution in [0.4, 0.5) is 15.8 Å². The van der Waals surface area contributed by atoms with E-state index in [1.54, 1.807) is 24.5 Å². The van der Waals surface area contributed by atoms with Gasteiger partial charge in [-0.25, -0.2) is 9.37 Å². The van der Waals surface area contributed by atoms with Crippen LogP contribution in [-0.4, -0.2) is 11.5 Å². The number of para-hydroxylation sites is 2. The van der Waals surface area contributed by atoms with E-state index in [9.17, 15) is 4.39 Å². The molecule has 0 unspecified atom stereocenters. The molecule has 0 N–H and O–H groups in total. The monoisotopic (exact) mass is 422 g/mol. The number of fused-ring (bicyclic) bond motifs is 2. The Labute approximate surface area is 186 Å². The van der Waals surface area contributed by atoms with Crippen molar-refractivity contribution in [3.63, 3.8) is 0 Å². The normalized spacial score (nSPS) is 12.7. The molecule has 0 saturated heterocycles. The van der Waals surface area contributed by atoms with Gasteiger partial charge in [0.25, 0.3) is 0 Å². The molecule has 0 spiro atoms. The first-order chi connectivity index (χ1) is 15.8. The number of aryl methyl sites for hydroxylation is 1. The second-order valence-corrected chi connectivity index (χ2v) is 7.71. The van der Waals surface area contributed by atoms with Gasteiger partial charge in [0.05, 0.1) is 17.5 Å². The zero-order valence-corrected chi connectivity index (χ0v) is 17.6. The minimum Gasteiger partial charge on any atom is -0.463 e. The summed E-state index contributed by atoms with van der Waals surface area (Å²) >= 11 is 0. The Kier molecular flexibility index (Phi) is 5.67. The molecule has 0 bridgehead atoms. The third-order valence-corrected chi connectivity index (χ3v) is 5.59. The lowest BCUT2D eigenvalue weighted by molar-refractivity contribution is 0.580. The number of furan rings is 1. The number of anilines is 2. The SMILES string of the molecule is Fc1ccccc1.c1coc(-c2nc3ccccc3cc2N2CCCc3ccccc32)c1. The topological polar surface area (TPSA) is 29.3 Å². The largest absolute Gasteiger partial charge is 0.463 e. The number of nitrogens with zero attached hydrogens (tertiary/aromatic N) is 2. The van der Waals surface area contributed by atoms with Crippen molar-refractivity contribution in [2.75, 3.05) is 11.4 Å². The molecule has 0 radical (unpaired) electrons. The Morgan fingerprint density at radius 1 is 0.781 bits per heavy atom. The highest BCUT2D eigenvalue weighted by atomic mass is 19.1. The number of benzene rings is 3. The molecule has 0 amide bonds. The van der Waals surface area contributed by atoms with Gasteiger partial charge < -0.3 is 9.32 Å². The van der Waals surface area contributed by atoms with Gasteiger partial charge in [0, 0.05) is 17.6 Å². The maximum atomic E-state index is 11.9. The lowest BCUT2D eigenvalue weighted by Crippen LogP contribution is -2.25. The summed E-state index contributed by atoms with van der Waals surface area (Å²) in [5.74, 6) is 0.631. The molecule has 0 atom stereocenters. The number of pyridine rings is 1. The molecule has 0 saturated carbocycles. The van der Waals surface area contributed by atoms with E-state index < -0.39 is 0 Å². The van der Waals surface area contributed by atoms with Crippen molar-refractivity contribution < 1.29 is 8.81 Å². The maximum absolute atomic E-state index is 11.9. The minimum atomic E-state index is -0.178. The van der Waals surface area contributed by atoms with E-state index in [4.69, 9.17) is 9.40 Å². The van der Waals surface area contributed by atoms with Crippen molar-refractivity contribution in [2.24, 2.45) is 0 Å². The van der Waals surface area contributed by atoms with Gasteiger partial charge in [0.2, 0.25) is 0 Å². The van der Waals surface area contributed by atoms with Crippen LogP contribution in [0.25, 0.3) is 22.4 Å². The van der Waals surface area contributed by atoms with Gasteiger partial charge in [-0.2, -0.15) is 0 Å². The van der Waals surface area contributed by atoms with Gasteiger partial charge in [0.15, 0.2) is 5.76 Å². The first-order valence-corrected chi connectivity index (χ1v) is 10.8. The first-order valence-electron chi connectivity index (χ1n) is 10.8. The van der Waals surface area contributed by atoms with Crippen LogP contribution in [0.15, 0.2) is 108 Å². The Morgan fingerprint density at radius 3 is 2.34 bits per heavy atom. The second-order valence-electron chi connectivity index (χ2n) is 7.71. The van der Waals surface area contributed by atoms with E-state index in [0.717, 1.165) is 47.4 Å². The number of hydrogen-bond acceptors (Lipinski definition) is 3. The van der Waals surface area contributed by atoms with Crippen LogP contribution in [0.5, 0.6) is 0 Å². The standard InChI is InChI=1S/C22H18N2O.C6H5F/c1-3-10-18-17(8-1)15-20(22(23-18)21-12-6-14-25-21)24-13-5-9-16-7-2-4-11-19(16)24;7-6-4-2-1-3-5-6/h1-4,6-8,10-12,14-15H,5,9,13H2;1-5H. The van der Waals surface area contributed by atoms with Crippen molar-refractivity contribution in [2.45, 2.75) is 12.8 Å². The van der Waals surface area contributed by atoms with Crippen molar-refractivity contribution >= 4 is 22.3 Å². The summed E-state index contributed by atoms with van der Waals surface area (Å²) in [6.45, 7) is 0.991. The van der Waals surface area contributed by atoms with Crippen molar-refractivity contribution in [3.8, 4) is 11.5 Å². The fourth-order valence-corrected chi connectivity index (χ4v) is 4.10. The van der Waals surface area contributed by atoms with Crippen LogP contribution in [0, 0.1) is 5.82 Å². The molecule has 158 valence electrons. The number of rotatable bonds is 2. The first kappa shape index (κ1) is 20.0.